The van der Waals surface area contributed by atoms with Gasteiger partial charge < -0.3 is 4.74 Å². The summed E-state index contributed by atoms with van der Waals surface area (Å²) in [5, 5.41) is 12.9. The number of nitrogens with zero attached hydrogens (tertiary/aromatic N) is 4. The predicted octanol–water partition coefficient (Wildman–Crippen LogP) is 1.43. The maximum atomic E-state index is 11.9. The van der Waals surface area contributed by atoms with Gasteiger partial charge in [-0.15, -0.1) is 0 Å². The first-order chi connectivity index (χ1) is 8.63. The third kappa shape index (κ3) is 2.15. The molecule has 2 heterocycles. The number of carbonyl (C=O) groups excluding carboxylic acids is 1. The molecule has 0 fully saturated rings. The minimum absolute atomic E-state index is 0.0566. The van der Waals surface area contributed by atoms with E-state index in [0.29, 0.717) is 11.1 Å². The Balaban J connectivity index is 2.27. The highest BCUT2D eigenvalue weighted by atomic mass is 16.5. The van der Waals surface area contributed by atoms with Gasteiger partial charge in [-0.1, -0.05) is 13.8 Å². The lowest BCUT2D eigenvalue weighted by Gasteiger charge is -2.13. The third-order valence-electron chi connectivity index (χ3n) is 2.51. The number of esters is 1. The van der Waals surface area contributed by atoms with E-state index in [1.807, 2.05) is 19.9 Å². The number of rotatable bonds is 3. The van der Waals surface area contributed by atoms with Gasteiger partial charge in [0.05, 0.1) is 17.9 Å². The molecular weight excluding hydrogens is 232 g/mol. The maximum absolute atomic E-state index is 11.9. The molecule has 0 saturated heterocycles. The highest BCUT2D eigenvalue weighted by Crippen LogP contribution is 2.13. The van der Waals surface area contributed by atoms with Crippen LogP contribution in [-0.2, 0) is 4.74 Å². The van der Waals surface area contributed by atoms with E-state index in [-0.39, 0.29) is 5.92 Å². The van der Waals surface area contributed by atoms with Crippen LogP contribution in [0, 0.1) is 17.2 Å². The number of carbonyl (C=O) groups is 1. The van der Waals surface area contributed by atoms with Crippen molar-refractivity contribution in [2.75, 3.05) is 0 Å². The van der Waals surface area contributed by atoms with Gasteiger partial charge in [-0.25, -0.2) is 9.31 Å². The first-order valence-corrected chi connectivity index (χ1v) is 5.51. The highest BCUT2D eigenvalue weighted by molar-refractivity contribution is 5.96. The number of fused-ring (bicyclic) bond motifs is 1. The van der Waals surface area contributed by atoms with Crippen LogP contribution in [0.5, 0.6) is 0 Å². The van der Waals surface area contributed by atoms with Gasteiger partial charge in [-0.2, -0.15) is 10.4 Å². The first-order valence-electron chi connectivity index (χ1n) is 5.51. The molecule has 0 spiro atoms. The van der Waals surface area contributed by atoms with Crippen molar-refractivity contribution < 1.29 is 9.53 Å². The van der Waals surface area contributed by atoms with E-state index in [9.17, 15) is 4.79 Å². The Morgan fingerprint density at radius 3 is 2.94 bits per heavy atom. The van der Waals surface area contributed by atoms with Gasteiger partial charge in [-0.3, -0.25) is 4.98 Å². The van der Waals surface area contributed by atoms with Gasteiger partial charge in [0.15, 0.2) is 6.10 Å². The Labute approximate surface area is 104 Å². The molecule has 6 heteroatoms. The van der Waals surface area contributed by atoms with Crippen molar-refractivity contribution in [1.82, 2.24) is 14.6 Å². The fraction of sp³-hybridized carbons (Fsp3) is 0.333. The van der Waals surface area contributed by atoms with E-state index in [1.54, 1.807) is 12.4 Å². The van der Waals surface area contributed by atoms with E-state index in [4.69, 9.17) is 10.00 Å². The fourth-order valence-electron chi connectivity index (χ4n) is 1.48. The zero-order valence-corrected chi connectivity index (χ0v) is 10.1. The maximum Gasteiger partial charge on any atom is 0.343 e. The van der Waals surface area contributed by atoms with Crippen LogP contribution >= 0.6 is 0 Å². The number of nitriles is 1. The third-order valence-corrected chi connectivity index (χ3v) is 2.51. The molecule has 0 aromatic carbocycles. The van der Waals surface area contributed by atoms with Crippen molar-refractivity contribution in [2.45, 2.75) is 20.0 Å². The van der Waals surface area contributed by atoms with Gasteiger partial charge in [0, 0.05) is 18.3 Å². The molecule has 2 aromatic rings. The molecule has 0 aliphatic carbocycles. The first kappa shape index (κ1) is 12.0. The minimum Gasteiger partial charge on any atom is -0.443 e. The van der Waals surface area contributed by atoms with Crippen molar-refractivity contribution in [3.63, 3.8) is 0 Å². The molecule has 0 N–H and O–H groups in total. The molecule has 0 aliphatic heterocycles. The van der Waals surface area contributed by atoms with E-state index >= 15 is 0 Å². The van der Waals surface area contributed by atoms with Crippen LogP contribution < -0.4 is 0 Å². The smallest absolute Gasteiger partial charge is 0.343 e. The van der Waals surface area contributed by atoms with Crippen molar-refractivity contribution in [2.24, 2.45) is 5.92 Å². The number of ether oxygens (including phenoxy) is 1. The summed E-state index contributed by atoms with van der Waals surface area (Å²) in [4.78, 5) is 15.9. The molecule has 1 atom stereocenters. The molecule has 92 valence electrons. The summed E-state index contributed by atoms with van der Waals surface area (Å²) >= 11 is 0. The Kier molecular flexibility index (Phi) is 3.24. The normalized spacial score (nSPS) is 12.3. The zero-order chi connectivity index (χ0) is 13.1. The Bertz CT molecular complexity index is 612. The molecule has 2 aromatic heterocycles. The van der Waals surface area contributed by atoms with Crippen LogP contribution in [0.15, 0.2) is 24.8 Å². The van der Waals surface area contributed by atoms with E-state index in [0.717, 1.165) is 0 Å². The molecule has 2 rings (SSSR count). The van der Waals surface area contributed by atoms with Crippen LogP contribution in [0.4, 0.5) is 0 Å². The summed E-state index contributed by atoms with van der Waals surface area (Å²) in [6.45, 7) is 3.64. The summed E-state index contributed by atoms with van der Waals surface area (Å²) in [5.74, 6) is -0.614. The fourth-order valence-corrected chi connectivity index (χ4v) is 1.48. The van der Waals surface area contributed by atoms with Crippen molar-refractivity contribution in [3.8, 4) is 6.07 Å². The van der Waals surface area contributed by atoms with Gasteiger partial charge in [0.2, 0.25) is 0 Å². The summed E-state index contributed by atoms with van der Waals surface area (Å²) < 4.78 is 6.66. The lowest BCUT2D eigenvalue weighted by Crippen LogP contribution is -2.21. The summed E-state index contributed by atoms with van der Waals surface area (Å²) in [6, 6.07) is 1.96. The topological polar surface area (TPSA) is 80.3 Å². The lowest BCUT2D eigenvalue weighted by atomic mass is 10.1. The van der Waals surface area contributed by atoms with Gasteiger partial charge in [-0.05, 0) is 0 Å². The molecular formula is C12H12N4O2. The Hall–Kier alpha value is -2.42. The van der Waals surface area contributed by atoms with E-state index < -0.39 is 12.1 Å². The largest absolute Gasteiger partial charge is 0.443 e. The highest BCUT2D eigenvalue weighted by Gasteiger charge is 2.21. The standard InChI is InChI=1S/C12H12N4O2/c1-8(2)11(5-13)18-12(17)9-6-15-16-4-3-14-7-10(9)16/h3-4,6-8,11H,1-2H3. The average molecular weight is 244 g/mol. The van der Waals surface area contributed by atoms with Crippen molar-refractivity contribution >= 4 is 11.5 Å². The van der Waals surface area contributed by atoms with E-state index in [1.165, 1.54) is 16.9 Å². The van der Waals surface area contributed by atoms with Crippen molar-refractivity contribution in [3.05, 3.63) is 30.4 Å². The number of aromatic nitrogens is 3. The molecule has 0 radical (unpaired) electrons. The molecule has 1 unspecified atom stereocenters. The lowest BCUT2D eigenvalue weighted by molar-refractivity contribution is 0.0327. The molecule has 0 saturated carbocycles. The monoisotopic (exact) mass is 244 g/mol. The summed E-state index contributed by atoms with van der Waals surface area (Å²) in [5.41, 5.74) is 0.868. The number of hydrogen-bond donors (Lipinski definition) is 0. The second-order valence-corrected chi connectivity index (χ2v) is 4.16. The van der Waals surface area contributed by atoms with Gasteiger partial charge >= 0.3 is 5.97 Å². The average Bonchev–Trinajstić information content (AvgIpc) is 2.79. The predicted molar refractivity (Wildman–Crippen MR) is 62.6 cm³/mol. The van der Waals surface area contributed by atoms with Gasteiger partial charge in [0.1, 0.15) is 11.6 Å². The van der Waals surface area contributed by atoms with Gasteiger partial charge in [0.25, 0.3) is 0 Å². The Morgan fingerprint density at radius 1 is 1.50 bits per heavy atom. The number of hydrogen-bond acceptors (Lipinski definition) is 5. The minimum atomic E-state index is -0.760. The van der Waals surface area contributed by atoms with Crippen LogP contribution in [0.25, 0.3) is 5.52 Å². The van der Waals surface area contributed by atoms with Crippen LogP contribution in [-0.4, -0.2) is 26.7 Å². The molecule has 6 nitrogen and oxygen atoms in total. The quantitative estimate of drug-likeness (QED) is 0.763. The van der Waals surface area contributed by atoms with Crippen LogP contribution in [0.3, 0.4) is 0 Å². The second-order valence-electron chi connectivity index (χ2n) is 4.16. The SMILES string of the molecule is CC(C)C(C#N)OC(=O)c1cnn2ccncc12. The molecule has 0 amide bonds. The molecule has 18 heavy (non-hydrogen) atoms. The van der Waals surface area contributed by atoms with E-state index in [2.05, 4.69) is 10.1 Å². The van der Waals surface area contributed by atoms with Crippen molar-refractivity contribution in [1.29, 1.82) is 5.26 Å². The van der Waals surface area contributed by atoms with Crippen LogP contribution in [0.1, 0.15) is 24.2 Å². The summed E-state index contributed by atoms with van der Waals surface area (Å²) in [7, 11) is 0. The second kappa shape index (κ2) is 4.84. The Morgan fingerprint density at radius 2 is 2.28 bits per heavy atom. The summed E-state index contributed by atoms with van der Waals surface area (Å²) in [6.07, 6.45) is 5.38. The molecule has 0 aliphatic rings. The van der Waals surface area contributed by atoms with Crippen LogP contribution in [0.2, 0.25) is 0 Å². The molecule has 0 bridgehead atoms. The zero-order valence-electron chi connectivity index (χ0n) is 10.1.